The number of rotatable bonds is 4. The highest BCUT2D eigenvalue weighted by atomic mass is 32.2. The topological polar surface area (TPSA) is 8.17 Å². The van der Waals surface area contributed by atoms with E-state index in [1.165, 1.54) is 89.6 Å². The van der Waals surface area contributed by atoms with Crippen molar-refractivity contribution in [3.63, 3.8) is 0 Å². The van der Waals surface area contributed by atoms with E-state index in [1.807, 2.05) is 11.8 Å². The van der Waals surface area contributed by atoms with Crippen LogP contribution in [0.1, 0.15) is 76.9 Å². The SMILES string of the molecule is C1=CCCC(N2C3=CC=C(c4ccc5c(c4)c4c(n5-c5ccccc5)[C@@H]5CC5C=C4)CC3c3cc(C4=CC=CC5Sc6ccccc6C45)ccc32)=C1. The van der Waals surface area contributed by atoms with Gasteiger partial charge in [-0.25, -0.2) is 0 Å². The van der Waals surface area contributed by atoms with Crippen molar-refractivity contribution in [3.05, 3.63) is 191 Å². The van der Waals surface area contributed by atoms with Crippen molar-refractivity contribution < 1.29 is 0 Å². The number of para-hydroxylation sites is 1. The van der Waals surface area contributed by atoms with Gasteiger partial charge in [-0.2, -0.15) is 0 Å². The molecule has 0 spiro atoms. The Balaban J connectivity index is 0.966. The second-order valence-corrected chi connectivity index (χ2v) is 16.7. The highest BCUT2D eigenvalue weighted by molar-refractivity contribution is 8.00. The number of aromatic nitrogens is 1. The zero-order valence-corrected chi connectivity index (χ0v) is 29.8. The minimum absolute atomic E-state index is 0.313. The van der Waals surface area contributed by atoms with Gasteiger partial charge < -0.3 is 9.47 Å². The van der Waals surface area contributed by atoms with E-state index in [9.17, 15) is 0 Å². The highest BCUT2D eigenvalue weighted by Gasteiger charge is 2.44. The van der Waals surface area contributed by atoms with E-state index in [-0.39, 0.29) is 0 Å². The molecule has 52 heavy (non-hydrogen) atoms. The average molecular weight is 687 g/mol. The van der Waals surface area contributed by atoms with Crippen molar-refractivity contribution >= 4 is 45.6 Å². The van der Waals surface area contributed by atoms with Gasteiger partial charge in [0, 0.05) is 67.3 Å². The van der Waals surface area contributed by atoms with Crippen molar-refractivity contribution in [1.82, 2.24) is 4.57 Å². The standard InChI is InChI=1S/C49H38N2S/c1-3-10-34(11-4-1)50-43-23-19-31(30-20-24-45-40(26-30)37-22-18-33-28-39(33)49(37)51(45)35-12-5-2-6-13-35)27-41(43)42-29-32(21-25-44(42)50)36-15-9-17-47-48(36)38-14-7-8-16-46(38)52-47/h1-3,5-10,12-26,29,33,39,41,47-48H,4,11,27-28H2/t33?,39-,41?,47?,48?/m1/s1. The fourth-order valence-corrected chi connectivity index (χ4v) is 11.5. The normalized spacial score (nSPS) is 25.7. The maximum Gasteiger partial charge on any atom is 0.0538 e. The summed E-state index contributed by atoms with van der Waals surface area (Å²) in [6.45, 7) is 0. The van der Waals surface area contributed by atoms with Crippen LogP contribution in [0.15, 0.2) is 162 Å². The summed E-state index contributed by atoms with van der Waals surface area (Å²) in [5.41, 5.74) is 18.2. The molecule has 0 amide bonds. The van der Waals surface area contributed by atoms with Crippen LogP contribution in [0.3, 0.4) is 0 Å². The van der Waals surface area contributed by atoms with E-state index in [2.05, 4.69) is 161 Å². The van der Waals surface area contributed by atoms with Gasteiger partial charge >= 0.3 is 0 Å². The minimum atomic E-state index is 0.313. The molecule has 12 rings (SSSR count). The Morgan fingerprint density at radius 1 is 0.750 bits per heavy atom. The molecule has 1 fully saturated rings. The molecule has 5 atom stereocenters. The third kappa shape index (κ3) is 4.26. The molecule has 2 nitrogen and oxygen atoms in total. The zero-order valence-electron chi connectivity index (χ0n) is 29.0. The Kier molecular flexibility index (Phi) is 6.28. The lowest BCUT2D eigenvalue weighted by molar-refractivity contribution is 0.805. The Labute approximate surface area is 309 Å². The van der Waals surface area contributed by atoms with Crippen molar-refractivity contribution in [2.24, 2.45) is 5.92 Å². The minimum Gasteiger partial charge on any atom is -0.317 e. The molecule has 7 aliphatic rings. The van der Waals surface area contributed by atoms with Crippen LogP contribution in [0.25, 0.3) is 33.8 Å². The van der Waals surface area contributed by atoms with E-state index in [0.717, 1.165) is 19.3 Å². The van der Waals surface area contributed by atoms with Gasteiger partial charge in [-0.05, 0) is 120 Å². The van der Waals surface area contributed by atoms with Crippen LogP contribution in [0.4, 0.5) is 5.69 Å². The number of anilines is 1. The number of benzene rings is 4. The van der Waals surface area contributed by atoms with Crippen LogP contribution in [-0.4, -0.2) is 9.82 Å². The molecule has 5 aliphatic carbocycles. The number of nitrogens with zero attached hydrogens (tertiary/aromatic N) is 2. The van der Waals surface area contributed by atoms with E-state index in [0.29, 0.717) is 28.9 Å². The van der Waals surface area contributed by atoms with E-state index in [1.54, 1.807) is 0 Å². The molecule has 250 valence electrons. The molecule has 0 saturated heterocycles. The number of fused-ring (bicyclic) bond motifs is 11. The van der Waals surface area contributed by atoms with Crippen LogP contribution in [0.2, 0.25) is 0 Å². The van der Waals surface area contributed by atoms with Crippen molar-refractivity contribution in [3.8, 4) is 5.69 Å². The van der Waals surface area contributed by atoms with Gasteiger partial charge in [0.1, 0.15) is 0 Å². The molecule has 5 aromatic rings. The van der Waals surface area contributed by atoms with Gasteiger partial charge in [-0.15, -0.1) is 11.8 Å². The molecule has 4 unspecified atom stereocenters. The Bertz CT molecular complexity index is 2590. The molecular formula is C49H38N2S. The molecule has 3 heteroatoms. The monoisotopic (exact) mass is 686 g/mol. The van der Waals surface area contributed by atoms with Gasteiger partial charge in [-0.3, -0.25) is 0 Å². The number of hydrogen-bond acceptors (Lipinski definition) is 2. The fraction of sp³-hybridized carbons (Fsp3) is 0.184. The summed E-state index contributed by atoms with van der Waals surface area (Å²) in [6.07, 6.45) is 28.1. The van der Waals surface area contributed by atoms with Crippen LogP contribution in [0, 0.1) is 5.92 Å². The highest BCUT2D eigenvalue weighted by Crippen LogP contribution is 2.58. The Morgan fingerprint density at radius 3 is 2.58 bits per heavy atom. The average Bonchev–Trinajstić information content (AvgIpc) is 3.65. The van der Waals surface area contributed by atoms with Crippen LogP contribution in [0.5, 0.6) is 0 Å². The lowest BCUT2D eigenvalue weighted by atomic mass is 9.80. The molecule has 0 N–H and O–H groups in total. The first-order valence-electron chi connectivity index (χ1n) is 19.1. The van der Waals surface area contributed by atoms with Gasteiger partial charge in [0.2, 0.25) is 0 Å². The zero-order chi connectivity index (χ0) is 33.9. The first-order chi connectivity index (χ1) is 25.8. The first kappa shape index (κ1) is 29.3. The lowest BCUT2D eigenvalue weighted by Crippen LogP contribution is -2.21. The maximum atomic E-state index is 2.59. The van der Waals surface area contributed by atoms with Gasteiger partial charge in [-0.1, -0.05) is 97.1 Å². The largest absolute Gasteiger partial charge is 0.317 e. The molecule has 3 heterocycles. The smallest absolute Gasteiger partial charge is 0.0538 e. The van der Waals surface area contributed by atoms with Crippen molar-refractivity contribution in [2.45, 2.75) is 53.6 Å². The van der Waals surface area contributed by atoms with E-state index in [4.69, 9.17) is 0 Å². The van der Waals surface area contributed by atoms with Gasteiger partial charge in [0.25, 0.3) is 0 Å². The second-order valence-electron chi connectivity index (χ2n) is 15.4. The third-order valence-electron chi connectivity index (χ3n) is 12.6. The summed E-state index contributed by atoms with van der Waals surface area (Å²) in [4.78, 5) is 4.02. The predicted molar refractivity (Wildman–Crippen MR) is 218 cm³/mol. The molecule has 0 bridgehead atoms. The molecule has 1 aromatic heterocycles. The summed E-state index contributed by atoms with van der Waals surface area (Å²) in [7, 11) is 0. The molecule has 0 radical (unpaired) electrons. The third-order valence-corrected chi connectivity index (χ3v) is 14.0. The van der Waals surface area contributed by atoms with Gasteiger partial charge in [0.15, 0.2) is 0 Å². The van der Waals surface area contributed by atoms with Crippen LogP contribution < -0.4 is 4.90 Å². The van der Waals surface area contributed by atoms with E-state index < -0.39 is 0 Å². The van der Waals surface area contributed by atoms with Crippen LogP contribution in [-0.2, 0) is 0 Å². The maximum absolute atomic E-state index is 2.59. The first-order valence-corrected chi connectivity index (χ1v) is 19.9. The van der Waals surface area contributed by atoms with Crippen molar-refractivity contribution in [1.29, 1.82) is 0 Å². The number of hydrogen-bond donors (Lipinski definition) is 0. The molecule has 1 saturated carbocycles. The van der Waals surface area contributed by atoms with E-state index >= 15 is 0 Å². The Morgan fingerprint density at radius 2 is 1.65 bits per heavy atom. The fourth-order valence-electron chi connectivity index (χ4n) is 10.1. The number of allylic oxidation sites excluding steroid dienone is 12. The summed E-state index contributed by atoms with van der Waals surface area (Å²) in [5, 5.41) is 1.84. The van der Waals surface area contributed by atoms with Crippen LogP contribution >= 0.6 is 11.8 Å². The van der Waals surface area contributed by atoms with Gasteiger partial charge in [0.05, 0.1) is 5.52 Å². The molecule has 2 aliphatic heterocycles. The summed E-state index contributed by atoms with van der Waals surface area (Å²) in [6, 6.07) is 34.7. The summed E-state index contributed by atoms with van der Waals surface area (Å²) < 4.78 is 2.55. The van der Waals surface area contributed by atoms with Crippen molar-refractivity contribution in [2.75, 3.05) is 4.90 Å². The second kappa shape index (κ2) is 11.1. The predicted octanol–water partition coefficient (Wildman–Crippen LogP) is 12.5. The lowest BCUT2D eigenvalue weighted by Gasteiger charge is -2.29. The quantitative estimate of drug-likeness (QED) is 0.186. The summed E-state index contributed by atoms with van der Waals surface area (Å²) in [5.74, 6) is 2.04. The molecule has 4 aromatic carbocycles. The summed E-state index contributed by atoms with van der Waals surface area (Å²) >= 11 is 2.02. The number of thioether (sulfide) groups is 1. The molecular weight excluding hydrogens is 649 g/mol. The Hall–Kier alpha value is -5.25.